The van der Waals surface area contributed by atoms with E-state index < -0.39 is 0 Å². The van der Waals surface area contributed by atoms with Gasteiger partial charge in [0.1, 0.15) is 0 Å². The maximum absolute atomic E-state index is 5.45. The number of para-hydroxylation sites is 1. The molecule has 0 saturated heterocycles. The van der Waals surface area contributed by atoms with E-state index in [1.807, 2.05) is 49.4 Å². The Bertz CT molecular complexity index is 475. The minimum absolute atomic E-state index is 0.646. The summed E-state index contributed by atoms with van der Waals surface area (Å²) in [7, 11) is 0. The van der Waals surface area contributed by atoms with E-state index in [1.54, 1.807) is 6.21 Å². The van der Waals surface area contributed by atoms with Crippen molar-refractivity contribution in [3.63, 3.8) is 0 Å². The molecular formula is C16H20N2. The predicted molar refractivity (Wildman–Crippen MR) is 79.3 cm³/mol. The molecule has 0 fully saturated rings. The molecule has 2 nitrogen and oxygen atoms in total. The minimum atomic E-state index is 0.646. The first-order valence-corrected chi connectivity index (χ1v) is 6.06. The van der Waals surface area contributed by atoms with Crippen LogP contribution in [0.25, 0.3) is 0 Å². The van der Waals surface area contributed by atoms with Crippen LogP contribution in [-0.4, -0.2) is 6.21 Å². The molecule has 0 aliphatic carbocycles. The molecule has 0 aliphatic heterocycles. The molecule has 2 heteroatoms. The Morgan fingerprint density at radius 3 is 2.11 bits per heavy atom. The molecule has 2 rings (SSSR count). The predicted octanol–water partition coefficient (Wildman–Crippen LogP) is 3.86. The van der Waals surface area contributed by atoms with Crippen molar-refractivity contribution in [3.05, 3.63) is 65.7 Å². The highest BCUT2D eigenvalue weighted by molar-refractivity contribution is 5.59. The molecule has 0 unspecified atom stereocenters. The number of nitrogens with zero attached hydrogens (tertiary/aromatic N) is 1. The highest BCUT2D eigenvalue weighted by atomic mass is 14.7. The third-order valence-electron chi connectivity index (χ3n) is 2.52. The van der Waals surface area contributed by atoms with Gasteiger partial charge in [-0.3, -0.25) is 4.99 Å². The first-order chi connectivity index (χ1) is 8.77. The number of hydrogen-bond acceptors (Lipinski definition) is 2. The van der Waals surface area contributed by atoms with Crippen molar-refractivity contribution in [2.24, 2.45) is 10.7 Å². The number of nitrogens with two attached hydrogens (primary N) is 1. The summed E-state index contributed by atoms with van der Waals surface area (Å²) in [5.74, 6) is 0. The summed E-state index contributed by atoms with van der Waals surface area (Å²) < 4.78 is 0. The Balaban J connectivity index is 0.000000180. The van der Waals surface area contributed by atoms with Crippen LogP contribution < -0.4 is 5.73 Å². The molecule has 0 bridgehead atoms. The van der Waals surface area contributed by atoms with Crippen molar-refractivity contribution < 1.29 is 0 Å². The van der Waals surface area contributed by atoms with Crippen LogP contribution in [0.3, 0.4) is 0 Å². The summed E-state index contributed by atoms with van der Waals surface area (Å²) in [4.78, 5) is 4.08. The van der Waals surface area contributed by atoms with Crippen molar-refractivity contribution in [2.45, 2.75) is 20.4 Å². The van der Waals surface area contributed by atoms with Gasteiger partial charge in [0.15, 0.2) is 0 Å². The summed E-state index contributed by atoms with van der Waals surface area (Å²) in [5.41, 5.74) is 8.98. The van der Waals surface area contributed by atoms with Crippen molar-refractivity contribution in [2.75, 3.05) is 0 Å². The second-order valence-electron chi connectivity index (χ2n) is 3.85. The van der Waals surface area contributed by atoms with Crippen molar-refractivity contribution in [3.8, 4) is 0 Å². The zero-order valence-electron chi connectivity index (χ0n) is 11.0. The summed E-state index contributed by atoms with van der Waals surface area (Å²) >= 11 is 0. The van der Waals surface area contributed by atoms with Crippen molar-refractivity contribution >= 4 is 11.9 Å². The van der Waals surface area contributed by atoms with Crippen LogP contribution in [0.2, 0.25) is 0 Å². The van der Waals surface area contributed by atoms with E-state index in [4.69, 9.17) is 5.73 Å². The Morgan fingerprint density at radius 1 is 1.00 bits per heavy atom. The van der Waals surface area contributed by atoms with Gasteiger partial charge in [-0.2, -0.15) is 0 Å². The summed E-state index contributed by atoms with van der Waals surface area (Å²) in [6.07, 6.45) is 1.79. The zero-order valence-corrected chi connectivity index (χ0v) is 11.0. The molecule has 18 heavy (non-hydrogen) atoms. The lowest BCUT2D eigenvalue weighted by Gasteiger charge is -1.98. The van der Waals surface area contributed by atoms with Crippen molar-refractivity contribution in [1.29, 1.82) is 0 Å². The molecule has 0 amide bonds. The molecule has 0 atom stereocenters. The van der Waals surface area contributed by atoms with Gasteiger partial charge in [-0.15, -0.1) is 0 Å². The van der Waals surface area contributed by atoms with E-state index in [2.05, 4.69) is 24.0 Å². The van der Waals surface area contributed by atoms with Gasteiger partial charge in [0.2, 0.25) is 0 Å². The van der Waals surface area contributed by atoms with Gasteiger partial charge in [0.25, 0.3) is 0 Å². The Kier molecular flexibility index (Phi) is 6.44. The van der Waals surface area contributed by atoms with Gasteiger partial charge in [0, 0.05) is 12.8 Å². The SMILES string of the molecule is CC=Nc1ccccc1.Cc1ccccc1CN. The molecular weight excluding hydrogens is 220 g/mol. The highest BCUT2D eigenvalue weighted by Gasteiger charge is 1.89. The summed E-state index contributed by atoms with van der Waals surface area (Å²) in [6, 6.07) is 18.0. The van der Waals surface area contributed by atoms with Crippen LogP contribution >= 0.6 is 0 Å². The lowest BCUT2D eigenvalue weighted by Crippen LogP contribution is -1.97. The standard InChI is InChI=1S/C8H11N.C8H9N/c1-7-4-2-3-5-8(7)6-9;1-2-9-8-6-4-3-5-7-8/h2-5H,6,9H2,1H3;2-7H,1H3. The molecule has 0 saturated carbocycles. The molecule has 94 valence electrons. The van der Waals surface area contributed by atoms with Crippen LogP contribution in [0.1, 0.15) is 18.1 Å². The highest BCUT2D eigenvalue weighted by Crippen LogP contribution is 2.07. The average Bonchev–Trinajstić information content (AvgIpc) is 2.42. The van der Waals surface area contributed by atoms with E-state index in [0.717, 1.165) is 5.69 Å². The lowest BCUT2D eigenvalue weighted by atomic mass is 10.1. The number of aryl methyl sites for hydroxylation is 1. The van der Waals surface area contributed by atoms with Crippen molar-refractivity contribution in [1.82, 2.24) is 0 Å². The summed E-state index contributed by atoms with van der Waals surface area (Å²) in [5, 5.41) is 0. The smallest absolute Gasteiger partial charge is 0.0625 e. The first-order valence-electron chi connectivity index (χ1n) is 6.06. The second-order valence-corrected chi connectivity index (χ2v) is 3.85. The maximum Gasteiger partial charge on any atom is 0.0625 e. The number of hydrogen-bond donors (Lipinski definition) is 1. The van der Waals surface area contributed by atoms with Crippen LogP contribution in [-0.2, 0) is 6.54 Å². The molecule has 2 aromatic carbocycles. The number of aliphatic imine (C=N–C) groups is 1. The fraction of sp³-hybridized carbons (Fsp3) is 0.188. The normalized spacial score (nSPS) is 9.94. The zero-order chi connectivity index (χ0) is 13.2. The third kappa shape index (κ3) is 4.93. The molecule has 0 spiro atoms. The number of rotatable bonds is 2. The fourth-order valence-corrected chi connectivity index (χ4v) is 1.50. The topological polar surface area (TPSA) is 38.4 Å². The average molecular weight is 240 g/mol. The van der Waals surface area contributed by atoms with E-state index in [1.165, 1.54) is 11.1 Å². The van der Waals surface area contributed by atoms with Crippen LogP contribution in [0.15, 0.2) is 59.6 Å². The maximum atomic E-state index is 5.45. The van der Waals surface area contributed by atoms with Gasteiger partial charge in [-0.1, -0.05) is 42.5 Å². The van der Waals surface area contributed by atoms with Crippen LogP contribution in [0.5, 0.6) is 0 Å². The Labute approximate surface area is 109 Å². The lowest BCUT2D eigenvalue weighted by molar-refractivity contribution is 1.05. The molecule has 0 aliphatic rings. The molecule has 0 radical (unpaired) electrons. The minimum Gasteiger partial charge on any atom is -0.326 e. The summed E-state index contributed by atoms with van der Waals surface area (Å²) in [6.45, 7) is 4.63. The largest absolute Gasteiger partial charge is 0.326 e. The van der Waals surface area contributed by atoms with E-state index >= 15 is 0 Å². The quantitative estimate of drug-likeness (QED) is 0.795. The van der Waals surface area contributed by atoms with E-state index in [0.29, 0.717) is 6.54 Å². The number of benzene rings is 2. The first kappa shape index (κ1) is 14.1. The van der Waals surface area contributed by atoms with Gasteiger partial charge in [-0.25, -0.2) is 0 Å². The fourth-order valence-electron chi connectivity index (χ4n) is 1.50. The molecule has 0 aromatic heterocycles. The van der Waals surface area contributed by atoms with Gasteiger partial charge < -0.3 is 5.73 Å². The molecule has 2 N–H and O–H groups in total. The van der Waals surface area contributed by atoms with Gasteiger partial charge in [0.05, 0.1) is 5.69 Å². The monoisotopic (exact) mass is 240 g/mol. The van der Waals surface area contributed by atoms with Crippen LogP contribution in [0.4, 0.5) is 5.69 Å². The third-order valence-corrected chi connectivity index (χ3v) is 2.52. The Hall–Kier alpha value is -1.93. The van der Waals surface area contributed by atoms with Gasteiger partial charge >= 0.3 is 0 Å². The Morgan fingerprint density at radius 2 is 1.61 bits per heavy atom. The van der Waals surface area contributed by atoms with Gasteiger partial charge in [-0.05, 0) is 37.1 Å². The van der Waals surface area contributed by atoms with E-state index in [-0.39, 0.29) is 0 Å². The van der Waals surface area contributed by atoms with Crippen LogP contribution in [0, 0.1) is 6.92 Å². The second kappa shape index (κ2) is 8.20. The van der Waals surface area contributed by atoms with E-state index in [9.17, 15) is 0 Å². The molecule has 2 aromatic rings. The molecule has 0 heterocycles.